The molecule has 4 rings (SSSR count). The number of halogens is 1. The highest BCUT2D eigenvalue weighted by molar-refractivity contribution is 6.32. The van der Waals surface area contributed by atoms with Crippen molar-refractivity contribution in [3.05, 3.63) is 65.2 Å². The number of para-hydroxylation sites is 2. The molecule has 0 fully saturated rings. The second kappa shape index (κ2) is 5.44. The standard InChI is InChI=1S/C17H14ClN5/c18-12(10-11-6-2-1-3-7-11)15-21-16(19)22-17-20-13-8-4-5-9-14(13)23(15)17/h1-10,15H,(H3,19,20,21,22). The number of anilines is 1. The number of nitrogens with two attached hydrogens (primary N) is 1. The Kier molecular flexibility index (Phi) is 3.28. The SMILES string of the molecule is NC1=NC(C(Cl)=Cc2ccccc2)n2c(nc3ccccc32)N1. The summed E-state index contributed by atoms with van der Waals surface area (Å²) < 4.78 is 1.95. The van der Waals surface area contributed by atoms with Gasteiger partial charge in [0, 0.05) is 0 Å². The van der Waals surface area contributed by atoms with Crippen LogP contribution in [0.3, 0.4) is 0 Å². The molecule has 6 heteroatoms. The minimum absolute atomic E-state index is 0.303. The zero-order valence-electron chi connectivity index (χ0n) is 12.1. The lowest BCUT2D eigenvalue weighted by atomic mass is 10.2. The average Bonchev–Trinajstić information content (AvgIpc) is 2.93. The highest BCUT2D eigenvalue weighted by atomic mass is 35.5. The molecule has 114 valence electrons. The van der Waals surface area contributed by atoms with Crippen LogP contribution in [0.1, 0.15) is 11.7 Å². The number of imidazole rings is 1. The van der Waals surface area contributed by atoms with Crippen LogP contribution in [0.25, 0.3) is 17.1 Å². The van der Waals surface area contributed by atoms with Crippen LogP contribution in [-0.2, 0) is 0 Å². The van der Waals surface area contributed by atoms with Crippen molar-refractivity contribution in [2.45, 2.75) is 6.17 Å². The van der Waals surface area contributed by atoms with E-state index in [0.29, 0.717) is 16.9 Å². The van der Waals surface area contributed by atoms with Gasteiger partial charge in [-0.05, 0) is 23.8 Å². The monoisotopic (exact) mass is 323 g/mol. The summed E-state index contributed by atoms with van der Waals surface area (Å²) in [6.45, 7) is 0. The van der Waals surface area contributed by atoms with Gasteiger partial charge in [0.1, 0.15) is 0 Å². The Hall–Kier alpha value is -2.79. The van der Waals surface area contributed by atoms with Gasteiger partial charge in [0.05, 0.1) is 16.1 Å². The molecule has 3 N–H and O–H groups in total. The van der Waals surface area contributed by atoms with Gasteiger partial charge >= 0.3 is 0 Å². The van der Waals surface area contributed by atoms with E-state index in [4.69, 9.17) is 17.3 Å². The molecule has 0 saturated carbocycles. The molecule has 1 aliphatic heterocycles. The summed E-state index contributed by atoms with van der Waals surface area (Å²) in [5.41, 5.74) is 8.73. The summed E-state index contributed by atoms with van der Waals surface area (Å²) in [7, 11) is 0. The molecule has 1 unspecified atom stereocenters. The van der Waals surface area contributed by atoms with E-state index in [2.05, 4.69) is 15.3 Å². The molecule has 0 bridgehead atoms. The highest BCUT2D eigenvalue weighted by Crippen LogP contribution is 2.34. The molecule has 2 aromatic carbocycles. The maximum Gasteiger partial charge on any atom is 0.212 e. The predicted molar refractivity (Wildman–Crippen MR) is 94.3 cm³/mol. The Labute approximate surface area is 138 Å². The Balaban J connectivity index is 1.85. The number of nitrogens with zero attached hydrogens (tertiary/aromatic N) is 3. The minimum atomic E-state index is -0.430. The lowest BCUT2D eigenvalue weighted by Crippen LogP contribution is -2.31. The first-order chi connectivity index (χ1) is 11.2. The first-order valence-corrected chi connectivity index (χ1v) is 7.59. The largest absolute Gasteiger partial charge is 0.370 e. The van der Waals surface area contributed by atoms with E-state index in [1.807, 2.05) is 65.2 Å². The fourth-order valence-corrected chi connectivity index (χ4v) is 2.96. The van der Waals surface area contributed by atoms with Crippen molar-refractivity contribution in [3.63, 3.8) is 0 Å². The van der Waals surface area contributed by atoms with Gasteiger partial charge in [-0.25, -0.2) is 9.98 Å². The van der Waals surface area contributed by atoms with Gasteiger partial charge < -0.3 is 5.73 Å². The quantitative estimate of drug-likeness (QED) is 0.757. The van der Waals surface area contributed by atoms with E-state index >= 15 is 0 Å². The fourth-order valence-electron chi connectivity index (χ4n) is 2.68. The van der Waals surface area contributed by atoms with E-state index in [1.54, 1.807) is 0 Å². The molecule has 0 aliphatic carbocycles. The average molecular weight is 324 g/mol. The number of guanidine groups is 1. The summed E-state index contributed by atoms with van der Waals surface area (Å²) in [6.07, 6.45) is 1.47. The second-order valence-electron chi connectivity index (χ2n) is 5.25. The van der Waals surface area contributed by atoms with Crippen LogP contribution in [0, 0.1) is 0 Å². The molecule has 2 heterocycles. The van der Waals surface area contributed by atoms with Crippen LogP contribution in [0.2, 0.25) is 0 Å². The zero-order valence-corrected chi connectivity index (χ0v) is 12.9. The van der Waals surface area contributed by atoms with Crippen LogP contribution in [-0.4, -0.2) is 15.5 Å². The van der Waals surface area contributed by atoms with Crippen LogP contribution >= 0.6 is 11.6 Å². The molecule has 0 saturated heterocycles. The molecular weight excluding hydrogens is 310 g/mol. The van der Waals surface area contributed by atoms with Crippen LogP contribution in [0.5, 0.6) is 0 Å². The summed E-state index contributed by atoms with van der Waals surface area (Å²) >= 11 is 6.57. The van der Waals surface area contributed by atoms with Crippen molar-refractivity contribution in [2.75, 3.05) is 5.32 Å². The third-order valence-corrected chi connectivity index (χ3v) is 4.00. The highest BCUT2D eigenvalue weighted by Gasteiger charge is 2.25. The van der Waals surface area contributed by atoms with Crippen LogP contribution < -0.4 is 11.1 Å². The third kappa shape index (κ3) is 2.45. The normalized spacial score (nSPS) is 17.5. The number of hydrogen-bond donors (Lipinski definition) is 2. The number of fused-ring (bicyclic) bond motifs is 3. The number of aliphatic imine (C=N–C) groups is 1. The van der Waals surface area contributed by atoms with E-state index in [9.17, 15) is 0 Å². The molecule has 0 spiro atoms. The smallest absolute Gasteiger partial charge is 0.212 e. The van der Waals surface area contributed by atoms with Crippen molar-refractivity contribution in [1.29, 1.82) is 0 Å². The minimum Gasteiger partial charge on any atom is -0.370 e. The maximum absolute atomic E-state index is 6.57. The van der Waals surface area contributed by atoms with E-state index in [-0.39, 0.29) is 0 Å². The Morgan fingerprint density at radius 1 is 1.13 bits per heavy atom. The predicted octanol–water partition coefficient (Wildman–Crippen LogP) is 3.56. The number of benzene rings is 2. The lowest BCUT2D eigenvalue weighted by molar-refractivity contribution is 0.639. The topological polar surface area (TPSA) is 68.2 Å². The number of nitrogens with one attached hydrogen (secondary N) is 1. The number of hydrogen-bond acceptors (Lipinski definition) is 4. The Bertz CT molecular complexity index is 927. The molecular formula is C17H14ClN5. The molecule has 0 amide bonds. The maximum atomic E-state index is 6.57. The summed E-state index contributed by atoms with van der Waals surface area (Å²) in [4.78, 5) is 9.00. The van der Waals surface area contributed by atoms with E-state index in [0.717, 1.165) is 16.6 Å². The van der Waals surface area contributed by atoms with Crippen LogP contribution in [0.4, 0.5) is 5.95 Å². The summed E-state index contributed by atoms with van der Waals surface area (Å²) in [5, 5.41) is 3.57. The fraction of sp³-hybridized carbons (Fsp3) is 0.0588. The Morgan fingerprint density at radius 2 is 1.87 bits per heavy atom. The molecule has 1 aliphatic rings. The van der Waals surface area contributed by atoms with Gasteiger partial charge in [0.15, 0.2) is 12.1 Å². The molecule has 5 nitrogen and oxygen atoms in total. The molecule has 0 radical (unpaired) electrons. The van der Waals surface area contributed by atoms with Crippen molar-refractivity contribution < 1.29 is 0 Å². The second-order valence-corrected chi connectivity index (χ2v) is 5.68. The van der Waals surface area contributed by atoms with Gasteiger partial charge in [0.2, 0.25) is 5.95 Å². The summed E-state index contributed by atoms with van der Waals surface area (Å²) in [5.74, 6) is 0.945. The van der Waals surface area contributed by atoms with Gasteiger partial charge in [-0.15, -0.1) is 0 Å². The van der Waals surface area contributed by atoms with E-state index in [1.165, 1.54) is 0 Å². The lowest BCUT2D eigenvalue weighted by Gasteiger charge is -2.23. The van der Waals surface area contributed by atoms with E-state index < -0.39 is 6.17 Å². The summed E-state index contributed by atoms with van der Waals surface area (Å²) in [6, 6.07) is 17.7. The van der Waals surface area contributed by atoms with Gasteiger partial charge in [-0.3, -0.25) is 9.88 Å². The first-order valence-electron chi connectivity index (χ1n) is 7.22. The number of rotatable bonds is 2. The van der Waals surface area contributed by atoms with Crippen molar-refractivity contribution in [1.82, 2.24) is 9.55 Å². The van der Waals surface area contributed by atoms with Gasteiger partial charge in [-0.2, -0.15) is 0 Å². The Morgan fingerprint density at radius 3 is 2.70 bits per heavy atom. The molecule has 23 heavy (non-hydrogen) atoms. The molecule has 1 aromatic heterocycles. The number of aromatic nitrogens is 2. The first kappa shape index (κ1) is 13.8. The van der Waals surface area contributed by atoms with Crippen molar-refractivity contribution >= 4 is 40.6 Å². The van der Waals surface area contributed by atoms with Crippen molar-refractivity contribution in [2.24, 2.45) is 10.7 Å². The van der Waals surface area contributed by atoms with Crippen molar-refractivity contribution in [3.8, 4) is 0 Å². The molecule has 1 atom stereocenters. The molecule has 3 aromatic rings. The zero-order chi connectivity index (χ0) is 15.8. The van der Waals surface area contributed by atoms with Crippen LogP contribution in [0.15, 0.2) is 64.6 Å². The van der Waals surface area contributed by atoms with Gasteiger partial charge in [0.25, 0.3) is 0 Å². The van der Waals surface area contributed by atoms with Gasteiger partial charge in [-0.1, -0.05) is 54.1 Å². The third-order valence-electron chi connectivity index (χ3n) is 3.69.